The molecular weight excluding hydrogens is 384 g/mol. The molecule has 1 aromatic heterocycles. The second-order valence-electron chi connectivity index (χ2n) is 9.78. The minimum atomic E-state index is 0.357. The number of aromatic nitrogens is 1. The molecule has 0 N–H and O–H groups in total. The molecule has 1 amide bonds. The number of carbonyl (C=O) groups is 1. The summed E-state index contributed by atoms with van der Waals surface area (Å²) in [5.74, 6) is 0.949. The number of para-hydroxylation sites is 1. The first kappa shape index (κ1) is 22.3. The molecule has 0 atom stereocenters. The van der Waals surface area contributed by atoms with Crippen molar-refractivity contribution in [1.82, 2.24) is 19.3 Å². The highest BCUT2D eigenvalue weighted by molar-refractivity contribution is 5.81. The van der Waals surface area contributed by atoms with Gasteiger partial charge in [0.1, 0.15) is 0 Å². The van der Waals surface area contributed by atoms with Crippen LogP contribution in [0, 0.1) is 5.92 Å². The number of fused-ring (bicyclic) bond motifs is 1. The fourth-order valence-electron chi connectivity index (χ4n) is 5.31. The number of rotatable bonds is 8. The monoisotopic (exact) mass is 424 g/mol. The average molecular weight is 425 g/mol. The highest BCUT2D eigenvalue weighted by Gasteiger charge is 2.23. The number of amides is 1. The van der Waals surface area contributed by atoms with E-state index in [9.17, 15) is 4.79 Å². The smallest absolute Gasteiger partial charge is 0.223 e. The Hall–Kier alpha value is -1.85. The van der Waals surface area contributed by atoms with Gasteiger partial charge >= 0.3 is 0 Å². The molecular formula is C26H40N4O. The molecule has 1 aliphatic carbocycles. The summed E-state index contributed by atoms with van der Waals surface area (Å²) in [6.45, 7) is 7.28. The van der Waals surface area contributed by atoms with Crippen molar-refractivity contribution in [3.8, 4) is 0 Å². The molecule has 170 valence electrons. The Kier molecular flexibility index (Phi) is 7.67. The van der Waals surface area contributed by atoms with Crippen LogP contribution in [0.5, 0.6) is 0 Å². The van der Waals surface area contributed by atoms with E-state index in [0.29, 0.717) is 11.8 Å². The standard InChI is InChI=1S/C26H40N4O/c1-27-15-17-29(18-16-27)13-8-14-30(26(31)19-22-9-4-3-5-10-22)21-24-20-23-11-6-7-12-25(23)28(24)2/h6-7,11-12,20,22H,3-5,8-10,13-19,21H2,1-2H3. The molecule has 2 aliphatic rings. The Balaban J connectivity index is 1.40. The number of benzene rings is 1. The van der Waals surface area contributed by atoms with Crippen LogP contribution in [0.3, 0.4) is 0 Å². The Labute approximate surface area is 188 Å². The first-order valence-electron chi connectivity index (χ1n) is 12.3. The molecule has 1 aromatic carbocycles. The van der Waals surface area contributed by atoms with Crippen molar-refractivity contribution >= 4 is 16.8 Å². The van der Waals surface area contributed by atoms with E-state index < -0.39 is 0 Å². The van der Waals surface area contributed by atoms with Crippen LogP contribution in [0.2, 0.25) is 0 Å². The fourth-order valence-corrected chi connectivity index (χ4v) is 5.31. The number of likely N-dealkylation sites (N-methyl/N-ethyl adjacent to an activating group) is 1. The zero-order valence-corrected chi connectivity index (χ0v) is 19.6. The Morgan fingerprint density at radius 1 is 1.03 bits per heavy atom. The van der Waals surface area contributed by atoms with Crippen molar-refractivity contribution in [2.75, 3.05) is 46.3 Å². The molecule has 0 radical (unpaired) electrons. The van der Waals surface area contributed by atoms with E-state index in [1.807, 2.05) is 0 Å². The molecule has 31 heavy (non-hydrogen) atoms. The van der Waals surface area contributed by atoms with Crippen LogP contribution in [0.4, 0.5) is 0 Å². The molecule has 2 heterocycles. The lowest BCUT2D eigenvalue weighted by Gasteiger charge is -2.33. The van der Waals surface area contributed by atoms with Crippen LogP contribution in [0.25, 0.3) is 10.9 Å². The van der Waals surface area contributed by atoms with E-state index in [4.69, 9.17) is 0 Å². The molecule has 1 saturated heterocycles. The second-order valence-corrected chi connectivity index (χ2v) is 9.78. The average Bonchev–Trinajstić information content (AvgIpc) is 3.10. The number of hydrogen-bond donors (Lipinski definition) is 0. The van der Waals surface area contributed by atoms with Crippen molar-refractivity contribution in [2.24, 2.45) is 13.0 Å². The van der Waals surface area contributed by atoms with Crippen molar-refractivity contribution in [3.05, 3.63) is 36.0 Å². The van der Waals surface area contributed by atoms with E-state index >= 15 is 0 Å². The van der Waals surface area contributed by atoms with E-state index in [-0.39, 0.29) is 0 Å². The first-order valence-corrected chi connectivity index (χ1v) is 12.3. The third-order valence-corrected chi connectivity index (χ3v) is 7.44. The van der Waals surface area contributed by atoms with Crippen LogP contribution >= 0.6 is 0 Å². The van der Waals surface area contributed by atoms with Gasteiger partial charge in [-0.05, 0) is 56.3 Å². The molecule has 4 rings (SSSR count). The topological polar surface area (TPSA) is 31.7 Å². The normalized spacial score (nSPS) is 19.2. The van der Waals surface area contributed by atoms with Crippen LogP contribution in [-0.2, 0) is 18.4 Å². The van der Waals surface area contributed by atoms with Crippen LogP contribution in [-0.4, -0.2) is 71.5 Å². The Bertz CT molecular complexity index is 846. The minimum absolute atomic E-state index is 0.357. The highest BCUT2D eigenvalue weighted by atomic mass is 16.2. The summed E-state index contributed by atoms with van der Waals surface area (Å²) in [7, 11) is 4.33. The molecule has 2 aromatic rings. The lowest BCUT2D eigenvalue weighted by Crippen LogP contribution is -2.45. The lowest BCUT2D eigenvalue weighted by atomic mass is 9.86. The van der Waals surface area contributed by atoms with E-state index in [1.165, 1.54) is 48.7 Å². The number of piperazine rings is 1. The van der Waals surface area contributed by atoms with Gasteiger partial charge in [0.2, 0.25) is 5.91 Å². The molecule has 1 aliphatic heterocycles. The zero-order valence-electron chi connectivity index (χ0n) is 19.6. The van der Waals surface area contributed by atoms with Crippen molar-refractivity contribution < 1.29 is 4.79 Å². The quantitative estimate of drug-likeness (QED) is 0.639. The van der Waals surface area contributed by atoms with Crippen molar-refractivity contribution in [3.63, 3.8) is 0 Å². The predicted octanol–water partition coefficient (Wildman–Crippen LogP) is 4.11. The summed E-state index contributed by atoms with van der Waals surface area (Å²) < 4.78 is 2.26. The fraction of sp³-hybridized carbons (Fsp3) is 0.654. The number of carbonyl (C=O) groups excluding carboxylic acids is 1. The Morgan fingerprint density at radius 2 is 1.77 bits per heavy atom. The third kappa shape index (κ3) is 5.89. The van der Waals surface area contributed by atoms with E-state index in [1.54, 1.807) is 0 Å². The van der Waals surface area contributed by atoms with Gasteiger partial charge in [-0.15, -0.1) is 0 Å². The van der Waals surface area contributed by atoms with Crippen molar-refractivity contribution in [2.45, 2.75) is 51.5 Å². The molecule has 0 bridgehead atoms. The molecule has 5 nitrogen and oxygen atoms in total. The lowest BCUT2D eigenvalue weighted by molar-refractivity contribution is -0.133. The highest BCUT2D eigenvalue weighted by Crippen LogP contribution is 2.27. The largest absolute Gasteiger partial charge is 0.346 e. The maximum atomic E-state index is 13.4. The summed E-state index contributed by atoms with van der Waals surface area (Å²) in [5.41, 5.74) is 2.48. The van der Waals surface area contributed by atoms with E-state index in [0.717, 1.165) is 58.7 Å². The maximum Gasteiger partial charge on any atom is 0.223 e. The zero-order chi connectivity index (χ0) is 21.6. The number of hydrogen-bond acceptors (Lipinski definition) is 3. The van der Waals surface area contributed by atoms with Gasteiger partial charge in [0.15, 0.2) is 0 Å². The van der Waals surface area contributed by atoms with Gasteiger partial charge in [-0.1, -0.05) is 37.5 Å². The third-order valence-electron chi connectivity index (χ3n) is 7.44. The van der Waals surface area contributed by atoms with Gasteiger partial charge in [-0.2, -0.15) is 0 Å². The first-order chi connectivity index (χ1) is 15.1. The van der Waals surface area contributed by atoms with Crippen LogP contribution in [0.15, 0.2) is 30.3 Å². The number of aryl methyl sites for hydroxylation is 1. The van der Waals surface area contributed by atoms with E-state index in [2.05, 4.69) is 63.7 Å². The minimum Gasteiger partial charge on any atom is -0.346 e. The summed E-state index contributed by atoms with van der Waals surface area (Å²) in [4.78, 5) is 20.5. The van der Waals surface area contributed by atoms with Gasteiger partial charge in [0.25, 0.3) is 0 Å². The van der Waals surface area contributed by atoms with Gasteiger partial charge < -0.3 is 19.3 Å². The SMILES string of the molecule is CN1CCN(CCCN(Cc2cc3ccccc3n2C)C(=O)CC2CCCCC2)CC1. The summed E-state index contributed by atoms with van der Waals surface area (Å²) in [5, 5.41) is 1.26. The summed E-state index contributed by atoms with van der Waals surface area (Å²) >= 11 is 0. The molecule has 5 heteroatoms. The molecule has 0 spiro atoms. The number of nitrogens with zero attached hydrogens (tertiary/aromatic N) is 4. The van der Waals surface area contributed by atoms with Gasteiger partial charge in [0.05, 0.1) is 6.54 Å². The molecule has 0 unspecified atom stereocenters. The summed E-state index contributed by atoms with van der Waals surface area (Å²) in [6.07, 6.45) is 8.19. The van der Waals surface area contributed by atoms with Crippen LogP contribution in [0.1, 0.15) is 50.6 Å². The Morgan fingerprint density at radius 3 is 2.52 bits per heavy atom. The van der Waals surface area contributed by atoms with Gasteiger partial charge in [0, 0.05) is 57.4 Å². The summed E-state index contributed by atoms with van der Waals surface area (Å²) in [6, 6.07) is 10.8. The molecule has 1 saturated carbocycles. The van der Waals surface area contributed by atoms with Crippen molar-refractivity contribution in [1.29, 1.82) is 0 Å². The molecule has 2 fully saturated rings. The predicted molar refractivity (Wildman–Crippen MR) is 128 cm³/mol. The van der Waals surface area contributed by atoms with Gasteiger partial charge in [-0.3, -0.25) is 4.79 Å². The second kappa shape index (κ2) is 10.6. The van der Waals surface area contributed by atoms with Gasteiger partial charge in [-0.25, -0.2) is 0 Å². The van der Waals surface area contributed by atoms with Crippen LogP contribution < -0.4 is 0 Å². The maximum absolute atomic E-state index is 13.4.